The maximum Gasteiger partial charge on any atom is 0.408 e. The minimum absolute atomic E-state index is 0.0870. The van der Waals surface area contributed by atoms with Crippen LogP contribution in [0.5, 0.6) is 0 Å². The summed E-state index contributed by atoms with van der Waals surface area (Å²) in [5, 5.41) is 12.9. The van der Waals surface area contributed by atoms with Crippen LogP contribution in [0.4, 0.5) is 14.9 Å². The van der Waals surface area contributed by atoms with Gasteiger partial charge in [0.25, 0.3) is 0 Å². The van der Waals surface area contributed by atoms with Crippen LogP contribution in [-0.4, -0.2) is 22.9 Å². The fraction of sp³-hybridized carbons (Fsp3) is 0.385. The normalized spacial score (nSPS) is 12.4. The van der Waals surface area contributed by atoms with Crippen LogP contribution in [0.15, 0.2) is 18.2 Å². The molecule has 8 heteroatoms. The van der Waals surface area contributed by atoms with Gasteiger partial charge in [-0.25, -0.2) is 4.79 Å². The van der Waals surface area contributed by atoms with Crippen molar-refractivity contribution in [2.45, 2.75) is 32.4 Å². The summed E-state index contributed by atoms with van der Waals surface area (Å²) in [4.78, 5) is 32.4. The number of aldehydes is 1. The Kier molecular flexibility index (Phi) is 4.96. The van der Waals surface area contributed by atoms with E-state index >= 15 is 0 Å². The number of carbonyl (C=O) groups is 2. The summed E-state index contributed by atoms with van der Waals surface area (Å²) in [5.74, 6) is -1.02. The lowest BCUT2D eigenvalue weighted by atomic mass is 10.1. The first-order valence-electron chi connectivity index (χ1n) is 6.02. The standard InChI is InChI=1S/C13H15FN2O5/c1-13(2,3)21-12(18)15-10(7-17)8-4-5-9(14)11(6-8)16(19)20/h4-7,10H,1-3H3,(H,15,18). The number of rotatable bonds is 4. The van der Waals surface area contributed by atoms with Crippen molar-refractivity contribution >= 4 is 18.1 Å². The molecular formula is C13H15FN2O5. The van der Waals surface area contributed by atoms with E-state index < -0.39 is 34.2 Å². The van der Waals surface area contributed by atoms with Crippen LogP contribution in [-0.2, 0) is 9.53 Å². The molecular weight excluding hydrogens is 283 g/mol. The van der Waals surface area contributed by atoms with Gasteiger partial charge in [0.05, 0.1) is 4.92 Å². The van der Waals surface area contributed by atoms with Crippen LogP contribution in [0.3, 0.4) is 0 Å². The fourth-order valence-corrected chi connectivity index (χ4v) is 1.49. The average Bonchev–Trinajstić information content (AvgIpc) is 2.34. The number of amides is 1. The number of halogens is 1. The van der Waals surface area contributed by atoms with E-state index in [9.17, 15) is 24.1 Å². The fourth-order valence-electron chi connectivity index (χ4n) is 1.49. The van der Waals surface area contributed by atoms with E-state index in [-0.39, 0.29) is 5.56 Å². The zero-order chi connectivity index (χ0) is 16.2. The molecule has 0 fully saturated rings. The van der Waals surface area contributed by atoms with Crippen LogP contribution in [0.1, 0.15) is 32.4 Å². The van der Waals surface area contributed by atoms with E-state index in [1.807, 2.05) is 0 Å². The molecule has 0 aliphatic carbocycles. The Labute approximate surface area is 120 Å². The molecule has 7 nitrogen and oxygen atoms in total. The monoisotopic (exact) mass is 298 g/mol. The number of nitro groups is 1. The minimum atomic E-state index is -1.17. The van der Waals surface area contributed by atoms with Crippen molar-refractivity contribution in [2.24, 2.45) is 0 Å². The highest BCUT2D eigenvalue weighted by Crippen LogP contribution is 2.22. The van der Waals surface area contributed by atoms with Gasteiger partial charge in [-0.15, -0.1) is 0 Å². The van der Waals surface area contributed by atoms with Gasteiger partial charge in [0, 0.05) is 6.07 Å². The summed E-state index contributed by atoms with van der Waals surface area (Å²) in [5.41, 5.74) is -1.44. The number of nitrogens with zero attached hydrogens (tertiary/aromatic N) is 1. The third-order valence-electron chi connectivity index (χ3n) is 2.33. The second-order valence-corrected chi connectivity index (χ2v) is 5.23. The molecule has 1 aromatic carbocycles. The maximum atomic E-state index is 13.2. The number of carbonyl (C=O) groups excluding carboxylic acids is 2. The Hall–Kier alpha value is -2.51. The molecule has 0 saturated heterocycles. The SMILES string of the molecule is CC(C)(C)OC(=O)NC(C=O)c1ccc(F)c([N+](=O)[O-])c1. The third kappa shape index (κ3) is 4.83. The van der Waals surface area contributed by atoms with E-state index in [4.69, 9.17) is 4.74 Å². The molecule has 1 rings (SSSR count). The highest BCUT2D eigenvalue weighted by atomic mass is 19.1. The molecule has 1 unspecified atom stereocenters. The second-order valence-electron chi connectivity index (χ2n) is 5.23. The molecule has 1 aromatic rings. The quantitative estimate of drug-likeness (QED) is 0.523. The third-order valence-corrected chi connectivity index (χ3v) is 2.33. The molecule has 0 aliphatic rings. The number of nitrogens with one attached hydrogen (secondary N) is 1. The average molecular weight is 298 g/mol. The molecule has 0 heterocycles. The number of ether oxygens (including phenoxy) is 1. The first-order chi connectivity index (χ1) is 9.64. The van der Waals surface area contributed by atoms with Crippen molar-refractivity contribution in [1.29, 1.82) is 0 Å². The zero-order valence-electron chi connectivity index (χ0n) is 11.8. The smallest absolute Gasteiger partial charge is 0.408 e. The number of hydrogen-bond donors (Lipinski definition) is 1. The van der Waals surface area contributed by atoms with Crippen molar-refractivity contribution in [1.82, 2.24) is 5.32 Å². The van der Waals surface area contributed by atoms with Gasteiger partial charge in [-0.2, -0.15) is 4.39 Å². The van der Waals surface area contributed by atoms with Crippen LogP contribution in [0.25, 0.3) is 0 Å². The molecule has 1 atom stereocenters. The van der Waals surface area contributed by atoms with Crippen molar-refractivity contribution < 1.29 is 23.6 Å². The largest absolute Gasteiger partial charge is 0.444 e. The highest BCUT2D eigenvalue weighted by Gasteiger charge is 2.23. The molecule has 1 amide bonds. The Morgan fingerprint density at radius 1 is 1.48 bits per heavy atom. The number of benzene rings is 1. The van der Waals surface area contributed by atoms with E-state index in [1.54, 1.807) is 20.8 Å². The molecule has 0 aliphatic heterocycles. The summed E-state index contributed by atoms with van der Waals surface area (Å²) in [6.07, 6.45) is -0.479. The van der Waals surface area contributed by atoms with Crippen LogP contribution < -0.4 is 5.32 Å². The van der Waals surface area contributed by atoms with Gasteiger partial charge in [0.2, 0.25) is 5.82 Å². The number of hydrogen-bond acceptors (Lipinski definition) is 5. The molecule has 1 N–H and O–H groups in total. The van der Waals surface area contributed by atoms with Crippen molar-refractivity contribution in [3.8, 4) is 0 Å². The van der Waals surface area contributed by atoms with Crippen LogP contribution >= 0.6 is 0 Å². The van der Waals surface area contributed by atoms with Gasteiger partial charge in [0.1, 0.15) is 17.9 Å². The van der Waals surface area contributed by atoms with Gasteiger partial charge >= 0.3 is 11.8 Å². The predicted molar refractivity (Wildman–Crippen MR) is 71.2 cm³/mol. The topological polar surface area (TPSA) is 98.5 Å². The Morgan fingerprint density at radius 2 is 2.10 bits per heavy atom. The van der Waals surface area contributed by atoms with Crippen molar-refractivity contribution in [2.75, 3.05) is 0 Å². The Bertz CT molecular complexity index is 568. The summed E-state index contributed by atoms with van der Waals surface area (Å²) in [7, 11) is 0. The molecule has 114 valence electrons. The summed E-state index contributed by atoms with van der Waals surface area (Å²) in [6, 6.07) is 1.77. The summed E-state index contributed by atoms with van der Waals surface area (Å²) < 4.78 is 18.2. The molecule has 0 saturated carbocycles. The highest BCUT2D eigenvalue weighted by molar-refractivity contribution is 5.74. The van der Waals surface area contributed by atoms with E-state index in [2.05, 4.69) is 5.32 Å². The summed E-state index contributed by atoms with van der Waals surface area (Å²) in [6.45, 7) is 4.93. The van der Waals surface area contributed by atoms with Crippen LogP contribution in [0, 0.1) is 15.9 Å². The van der Waals surface area contributed by atoms with Gasteiger partial charge in [0.15, 0.2) is 0 Å². The molecule has 0 bridgehead atoms. The van der Waals surface area contributed by atoms with Gasteiger partial charge in [-0.05, 0) is 32.4 Å². The zero-order valence-corrected chi connectivity index (χ0v) is 11.8. The lowest BCUT2D eigenvalue weighted by Crippen LogP contribution is -2.35. The molecule has 0 radical (unpaired) electrons. The Morgan fingerprint density at radius 3 is 2.57 bits per heavy atom. The molecule has 0 spiro atoms. The van der Waals surface area contributed by atoms with Gasteiger partial charge in [-0.1, -0.05) is 6.07 Å². The first-order valence-corrected chi connectivity index (χ1v) is 6.02. The Balaban J connectivity index is 2.96. The van der Waals surface area contributed by atoms with Crippen molar-refractivity contribution in [3.63, 3.8) is 0 Å². The number of alkyl carbamates (subject to hydrolysis) is 1. The number of nitro benzene ring substituents is 1. The van der Waals surface area contributed by atoms with Gasteiger partial charge in [-0.3, -0.25) is 10.1 Å². The van der Waals surface area contributed by atoms with E-state index in [1.165, 1.54) is 6.07 Å². The molecule has 0 aromatic heterocycles. The van der Waals surface area contributed by atoms with E-state index in [0.717, 1.165) is 12.1 Å². The van der Waals surface area contributed by atoms with Crippen LogP contribution in [0.2, 0.25) is 0 Å². The lowest BCUT2D eigenvalue weighted by Gasteiger charge is -2.21. The summed E-state index contributed by atoms with van der Waals surface area (Å²) >= 11 is 0. The van der Waals surface area contributed by atoms with Gasteiger partial charge < -0.3 is 14.8 Å². The van der Waals surface area contributed by atoms with Crippen molar-refractivity contribution in [3.05, 3.63) is 39.7 Å². The molecule has 21 heavy (non-hydrogen) atoms. The van der Waals surface area contributed by atoms with E-state index in [0.29, 0.717) is 6.29 Å². The first kappa shape index (κ1) is 16.5. The second kappa shape index (κ2) is 6.29. The predicted octanol–water partition coefficient (Wildman–Crippen LogP) is 2.50. The maximum absolute atomic E-state index is 13.2. The lowest BCUT2D eigenvalue weighted by molar-refractivity contribution is -0.387. The minimum Gasteiger partial charge on any atom is -0.444 e.